The van der Waals surface area contributed by atoms with Crippen LogP contribution in [0.4, 0.5) is 0 Å². The summed E-state index contributed by atoms with van der Waals surface area (Å²) >= 11 is 1.52. The van der Waals surface area contributed by atoms with Gasteiger partial charge in [0.25, 0.3) is 5.56 Å². The van der Waals surface area contributed by atoms with E-state index >= 15 is 0 Å². The summed E-state index contributed by atoms with van der Waals surface area (Å²) in [6.45, 7) is 0. The number of benzene rings is 1. The van der Waals surface area contributed by atoms with Crippen LogP contribution in [-0.4, -0.2) is 9.97 Å². The Hall–Kier alpha value is -1.55. The number of hydrogen-bond donors (Lipinski definition) is 1. The zero-order chi connectivity index (χ0) is 10.5. The van der Waals surface area contributed by atoms with Gasteiger partial charge in [-0.15, -0.1) is 0 Å². The van der Waals surface area contributed by atoms with Crippen LogP contribution in [0.1, 0.15) is 5.56 Å². The van der Waals surface area contributed by atoms with Crippen molar-refractivity contribution in [2.45, 2.75) is 10.9 Å². The first kappa shape index (κ1) is 9.98. The van der Waals surface area contributed by atoms with Crippen LogP contribution in [0.3, 0.4) is 0 Å². The average Bonchev–Trinajstić information content (AvgIpc) is 2.28. The predicted molar refractivity (Wildman–Crippen MR) is 60.9 cm³/mol. The second kappa shape index (κ2) is 4.79. The maximum atomic E-state index is 11.0. The number of nitrogens with zero attached hydrogens (tertiary/aromatic N) is 1. The largest absolute Gasteiger partial charge is 0.301 e. The van der Waals surface area contributed by atoms with Gasteiger partial charge < -0.3 is 4.98 Å². The molecule has 1 aromatic heterocycles. The fourth-order valence-corrected chi connectivity index (χ4v) is 1.96. The molecule has 1 aromatic carbocycles. The fourth-order valence-electron chi connectivity index (χ4n) is 1.15. The van der Waals surface area contributed by atoms with Crippen LogP contribution in [0.5, 0.6) is 0 Å². The van der Waals surface area contributed by atoms with E-state index in [2.05, 4.69) is 9.97 Å². The van der Waals surface area contributed by atoms with Gasteiger partial charge in [-0.3, -0.25) is 4.79 Å². The molecular formula is C11H10N2OS. The Morgan fingerprint density at radius 1 is 1.20 bits per heavy atom. The van der Waals surface area contributed by atoms with E-state index in [0.29, 0.717) is 5.16 Å². The molecule has 0 aliphatic carbocycles. The van der Waals surface area contributed by atoms with Gasteiger partial charge in [0.1, 0.15) is 0 Å². The summed E-state index contributed by atoms with van der Waals surface area (Å²) in [6, 6.07) is 11.5. The average molecular weight is 218 g/mol. The Morgan fingerprint density at radius 3 is 2.73 bits per heavy atom. The summed E-state index contributed by atoms with van der Waals surface area (Å²) in [4.78, 5) is 17.7. The molecule has 2 aromatic rings. The molecule has 0 unspecified atom stereocenters. The third-order valence-electron chi connectivity index (χ3n) is 1.87. The van der Waals surface area contributed by atoms with E-state index in [1.807, 2.05) is 30.3 Å². The summed E-state index contributed by atoms with van der Waals surface area (Å²) in [5.74, 6) is 0.813. The van der Waals surface area contributed by atoms with Crippen molar-refractivity contribution in [3.05, 3.63) is 58.5 Å². The van der Waals surface area contributed by atoms with Crippen molar-refractivity contribution < 1.29 is 0 Å². The van der Waals surface area contributed by atoms with E-state index in [4.69, 9.17) is 0 Å². The monoisotopic (exact) mass is 218 g/mol. The predicted octanol–water partition coefficient (Wildman–Crippen LogP) is 2.06. The number of hydrogen-bond acceptors (Lipinski definition) is 3. The molecule has 3 nitrogen and oxygen atoms in total. The number of aromatic nitrogens is 2. The normalized spacial score (nSPS) is 10.1. The van der Waals surface area contributed by atoms with Gasteiger partial charge in [-0.25, -0.2) is 4.98 Å². The molecular weight excluding hydrogens is 208 g/mol. The summed E-state index contributed by atoms with van der Waals surface area (Å²) in [5, 5.41) is 0.659. The standard InChI is InChI=1S/C11H10N2OS/c14-10-6-7-12-11(13-10)15-8-9-4-2-1-3-5-9/h1-7H,8H2,(H,12,13,14). The van der Waals surface area contributed by atoms with E-state index in [9.17, 15) is 4.79 Å². The number of H-pyrrole nitrogens is 1. The van der Waals surface area contributed by atoms with Gasteiger partial charge in [-0.05, 0) is 5.56 Å². The van der Waals surface area contributed by atoms with Crippen molar-refractivity contribution in [1.82, 2.24) is 9.97 Å². The molecule has 0 fully saturated rings. The highest BCUT2D eigenvalue weighted by Gasteiger charge is 1.97. The minimum atomic E-state index is -0.111. The van der Waals surface area contributed by atoms with Crippen molar-refractivity contribution in [3.63, 3.8) is 0 Å². The quantitative estimate of drug-likeness (QED) is 0.633. The van der Waals surface area contributed by atoms with Gasteiger partial charge in [0.05, 0.1) is 0 Å². The number of aromatic amines is 1. The number of rotatable bonds is 3. The zero-order valence-corrected chi connectivity index (χ0v) is 8.83. The third kappa shape index (κ3) is 2.95. The molecule has 0 amide bonds. The third-order valence-corrected chi connectivity index (χ3v) is 2.82. The lowest BCUT2D eigenvalue weighted by molar-refractivity contribution is 0.936. The van der Waals surface area contributed by atoms with Crippen LogP contribution >= 0.6 is 11.8 Å². The summed E-state index contributed by atoms with van der Waals surface area (Å²) in [7, 11) is 0. The summed E-state index contributed by atoms with van der Waals surface area (Å²) < 4.78 is 0. The maximum absolute atomic E-state index is 11.0. The molecule has 0 aliphatic rings. The van der Waals surface area contributed by atoms with E-state index in [1.165, 1.54) is 29.6 Å². The second-order valence-corrected chi connectivity index (χ2v) is 3.98. The zero-order valence-electron chi connectivity index (χ0n) is 8.01. The minimum absolute atomic E-state index is 0.111. The van der Waals surface area contributed by atoms with Crippen molar-refractivity contribution in [3.8, 4) is 0 Å². The molecule has 0 saturated carbocycles. The lowest BCUT2D eigenvalue weighted by Crippen LogP contribution is -2.05. The minimum Gasteiger partial charge on any atom is -0.301 e. The molecule has 0 radical (unpaired) electrons. The van der Waals surface area contributed by atoms with E-state index < -0.39 is 0 Å². The Balaban J connectivity index is 2.02. The van der Waals surface area contributed by atoms with Gasteiger partial charge in [-0.1, -0.05) is 42.1 Å². The SMILES string of the molecule is O=c1ccnc(SCc2ccccc2)[nH]1. The van der Waals surface area contributed by atoms with E-state index in [1.54, 1.807) is 0 Å². The van der Waals surface area contributed by atoms with Crippen LogP contribution in [0, 0.1) is 0 Å². The molecule has 0 aliphatic heterocycles. The molecule has 0 spiro atoms. The van der Waals surface area contributed by atoms with Crippen LogP contribution < -0.4 is 5.56 Å². The van der Waals surface area contributed by atoms with Gasteiger partial charge in [-0.2, -0.15) is 0 Å². The Morgan fingerprint density at radius 2 is 2.00 bits per heavy atom. The van der Waals surface area contributed by atoms with Crippen molar-refractivity contribution in [2.24, 2.45) is 0 Å². The van der Waals surface area contributed by atoms with Crippen LogP contribution in [0.15, 0.2) is 52.5 Å². The highest BCUT2D eigenvalue weighted by atomic mass is 32.2. The highest BCUT2D eigenvalue weighted by Crippen LogP contribution is 2.16. The molecule has 2 rings (SSSR count). The van der Waals surface area contributed by atoms with E-state index in [-0.39, 0.29) is 5.56 Å². The first-order valence-corrected chi connectivity index (χ1v) is 5.55. The Bertz CT molecular complexity index is 481. The molecule has 0 atom stereocenters. The summed E-state index contributed by atoms with van der Waals surface area (Å²) in [6.07, 6.45) is 1.52. The Labute approximate surface area is 91.6 Å². The van der Waals surface area contributed by atoms with Crippen molar-refractivity contribution in [1.29, 1.82) is 0 Å². The molecule has 0 saturated heterocycles. The van der Waals surface area contributed by atoms with Gasteiger partial charge in [0.15, 0.2) is 5.16 Å². The number of thioether (sulfide) groups is 1. The lowest BCUT2D eigenvalue weighted by atomic mass is 10.2. The molecule has 15 heavy (non-hydrogen) atoms. The molecule has 1 N–H and O–H groups in total. The van der Waals surface area contributed by atoms with Crippen LogP contribution in [-0.2, 0) is 5.75 Å². The van der Waals surface area contributed by atoms with Gasteiger partial charge in [0, 0.05) is 18.0 Å². The number of nitrogens with one attached hydrogen (secondary N) is 1. The highest BCUT2D eigenvalue weighted by molar-refractivity contribution is 7.98. The van der Waals surface area contributed by atoms with Crippen molar-refractivity contribution in [2.75, 3.05) is 0 Å². The smallest absolute Gasteiger partial charge is 0.251 e. The first-order valence-electron chi connectivity index (χ1n) is 4.56. The lowest BCUT2D eigenvalue weighted by Gasteiger charge is -1.99. The summed E-state index contributed by atoms with van der Waals surface area (Å²) in [5.41, 5.74) is 1.11. The first-order chi connectivity index (χ1) is 7.34. The molecule has 76 valence electrons. The van der Waals surface area contributed by atoms with Crippen molar-refractivity contribution >= 4 is 11.8 Å². The van der Waals surface area contributed by atoms with Gasteiger partial charge in [0.2, 0.25) is 0 Å². The van der Waals surface area contributed by atoms with E-state index in [0.717, 1.165) is 5.75 Å². The Kier molecular flexibility index (Phi) is 3.19. The van der Waals surface area contributed by atoms with Crippen LogP contribution in [0.25, 0.3) is 0 Å². The van der Waals surface area contributed by atoms with Crippen LogP contribution in [0.2, 0.25) is 0 Å². The second-order valence-electron chi connectivity index (χ2n) is 3.01. The fraction of sp³-hybridized carbons (Fsp3) is 0.0909. The topological polar surface area (TPSA) is 45.8 Å². The molecule has 0 bridgehead atoms. The molecule has 4 heteroatoms. The maximum Gasteiger partial charge on any atom is 0.251 e. The van der Waals surface area contributed by atoms with Gasteiger partial charge >= 0.3 is 0 Å². The molecule has 1 heterocycles.